The number of rotatable bonds is 3. The van der Waals surface area contributed by atoms with Gasteiger partial charge < -0.3 is 4.74 Å². The van der Waals surface area contributed by atoms with Crippen LogP contribution in [0.4, 0.5) is 0 Å². The van der Waals surface area contributed by atoms with E-state index in [2.05, 4.69) is 47.8 Å². The lowest BCUT2D eigenvalue weighted by atomic mass is 10.1. The molecule has 0 aliphatic rings. The van der Waals surface area contributed by atoms with Crippen molar-refractivity contribution in [2.75, 3.05) is 7.11 Å². The molecule has 0 amide bonds. The first kappa shape index (κ1) is 16.1. The fourth-order valence-corrected chi connectivity index (χ4v) is 5.07. The summed E-state index contributed by atoms with van der Waals surface area (Å²) in [5, 5.41) is 0.292. The van der Waals surface area contributed by atoms with Gasteiger partial charge in [0.1, 0.15) is 5.75 Å². The Bertz CT molecular complexity index is 596. The quantitative estimate of drug-likeness (QED) is 0.404. The Kier molecular flexibility index (Phi) is 5.66. The summed E-state index contributed by atoms with van der Waals surface area (Å²) in [7, 11) is 1.61. The molecule has 1 aromatic heterocycles. The van der Waals surface area contributed by atoms with Crippen molar-refractivity contribution in [2.45, 2.75) is 5.38 Å². The molecule has 0 spiro atoms. The van der Waals surface area contributed by atoms with Crippen LogP contribution in [0.25, 0.3) is 0 Å². The van der Waals surface area contributed by atoms with Crippen LogP contribution in [-0.4, -0.2) is 7.11 Å². The number of hydrogen-bond acceptors (Lipinski definition) is 2. The van der Waals surface area contributed by atoms with Gasteiger partial charge in [-0.1, -0.05) is 11.6 Å². The van der Waals surface area contributed by atoms with Crippen LogP contribution in [0.1, 0.15) is 15.8 Å². The van der Waals surface area contributed by atoms with Crippen LogP contribution in [0, 0.1) is 0 Å². The maximum Gasteiger partial charge on any atom is 0.138 e. The highest BCUT2D eigenvalue weighted by atomic mass is 79.9. The minimum Gasteiger partial charge on any atom is -0.495 e. The Labute approximate surface area is 150 Å². The monoisotopic (exact) mass is 506 g/mol. The van der Waals surface area contributed by atoms with Gasteiger partial charge >= 0.3 is 0 Å². The van der Waals surface area contributed by atoms with E-state index in [0.29, 0.717) is 10.8 Å². The van der Waals surface area contributed by atoms with Gasteiger partial charge in [-0.15, -0.1) is 22.9 Å². The number of ether oxygens (including phenoxy) is 1. The van der Waals surface area contributed by atoms with Crippen LogP contribution in [0.2, 0.25) is 5.02 Å². The summed E-state index contributed by atoms with van der Waals surface area (Å²) in [6.07, 6.45) is 0. The van der Waals surface area contributed by atoms with Gasteiger partial charge in [-0.25, -0.2) is 0 Å². The summed E-state index contributed by atoms with van der Waals surface area (Å²) in [6, 6.07) is 5.60. The molecule has 102 valence electrons. The Morgan fingerprint density at radius 1 is 1.16 bits per heavy atom. The zero-order chi connectivity index (χ0) is 14.2. The third kappa shape index (κ3) is 3.50. The number of halogens is 5. The van der Waals surface area contributed by atoms with Crippen molar-refractivity contribution in [2.24, 2.45) is 0 Å². The average Bonchev–Trinajstić information content (AvgIpc) is 2.68. The smallest absolute Gasteiger partial charge is 0.138 e. The minimum absolute atomic E-state index is 0.322. The second kappa shape index (κ2) is 6.67. The van der Waals surface area contributed by atoms with Gasteiger partial charge in [-0.2, -0.15) is 0 Å². The molecular formula is C12H7Br3Cl2OS. The molecule has 7 heteroatoms. The van der Waals surface area contributed by atoms with Gasteiger partial charge in [0.15, 0.2) is 0 Å². The van der Waals surface area contributed by atoms with Crippen LogP contribution < -0.4 is 4.74 Å². The molecule has 1 heterocycles. The van der Waals surface area contributed by atoms with Crippen LogP contribution >= 0.6 is 82.3 Å². The molecular weight excluding hydrogens is 503 g/mol. The van der Waals surface area contributed by atoms with E-state index in [9.17, 15) is 0 Å². The molecule has 2 rings (SSSR count). The molecule has 1 nitrogen and oxygen atoms in total. The highest BCUT2D eigenvalue weighted by Crippen LogP contribution is 2.45. The SMILES string of the molecule is COc1c(Br)cc(Cl)cc1C(Cl)c1cc(Br)c(Br)s1. The predicted molar refractivity (Wildman–Crippen MR) is 93.1 cm³/mol. The second-order valence-electron chi connectivity index (χ2n) is 3.64. The molecule has 1 aromatic carbocycles. The van der Waals surface area contributed by atoms with Gasteiger partial charge in [0.25, 0.3) is 0 Å². The normalized spacial score (nSPS) is 12.5. The molecule has 0 aliphatic carbocycles. The number of thiophene rings is 1. The molecule has 2 aromatic rings. The molecule has 0 N–H and O–H groups in total. The van der Waals surface area contributed by atoms with E-state index in [4.69, 9.17) is 27.9 Å². The lowest BCUT2D eigenvalue weighted by molar-refractivity contribution is 0.407. The number of benzene rings is 1. The lowest BCUT2D eigenvalue weighted by Crippen LogP contribution is -1.97. The second-order valence-corrected chi connectivity index (χ2v) is 8.63. The fourth-order valence-electron chi connectivity index (χ4n) is 1.63. The van der Waals surface area contributed by atoms with Crippen LogP contribution in [-0.2, 0) is 0 Å². The molecule has 0 saturated carbocycles. The van der Waals surface area contributed by atoms with Crippen molar-refractivity contribution in [3.05, 3.63) is 46.4 Å². The molecule has 0 saturated heterocycles. The van der Waals surface area contributed by atoms with Gasteiger partial charge in [0, 0.05) is 19.9 Å². The third-order valence-corrected chi connectivity index (χ3v) is 7.16. The third-order valence-electron chi connectivity index (χ3n) is 2.43. The van der Waals surface area contributed by atoms with E-state index < -0.39 is 0 Å². The predicted octanol–water partition coefficient (Wildman–Crippen LogP) is 7.03. The molecule has 0 aliphatic heterocycles. The Balaban J connectivity index is 2.51. The molecule has 0 fully saturated rings. The van der Waals surface area contributed by atoms with Crippen molar-refractivity contribution in [1.29, 1.82) is 0 Å². The Morgan fingerprint density at radius 3 is 2.37 bits per heavy atom. The molecule has 1 unspecified atom stereocenters. The highest BCUT2D eigenvalue weighted by molar-refractivity contribution is 9.13. The van der Waals surface area contributed by atoms with Gasteiger partial charge in [0.2, 0.25) is 0 Å². The van der Waals surface area contributed by atoms with E-state index in [1.807, 2.05) is 12.1 Å². The number of methoxy groups -OCH3 is 1. The number of alkyl halides is 1. The summed E-state index contributed by atoms with van der Waals surface area (Å²) in [5.41, 5.74) is 0.838. The Hall–Kier alpha value is 0.740. The maximum atomic E-state index is 6.55. The first-order valence-electron chi connectivity index (χ1n) is 5.05. The van der Waals surface area contributed by atoms with Crippen LogP contribution in [0.5, 0.6) is 5.75 Å². The maximum absolute atomic E-state index is 6.55. The first-order chi connectivity index (χ1) is 8.93. The fraction of sp³-hybridized carbons (Fsp3) is 0.167. The molecule has 1 atom stereocenters. The van der Waals surface area contributed by atoms with Gasteiger partial charge in [-0.3, -0.25) is 0 Å². The van der Waals surface area contributed by atoms with Crippen molar-refractivity contribution >= 4 is 82.3 Å². The van der Waals surface area contributed by atoms with Crippen molar-refractivity contribution < 1.29 is 4.74 Å². The van der Waals surface area contributed by atoms with Crippen molar-refractivity contribution in [3.8, 4) is 5.75 Å². The van der Waals surface area contributed by atoms with Crippen molar-refractivity contribution in [3.63, 3.8) is 0 Å². The van der Waals surface area contributed by atoms with Crippen molar-refractivity contribution in [1.82, 2.24) is 0 Å². The topological polar surface area (TPSA) is 9.23 Å². The lowest BCUT2D eigenvalue weighted by Gasteiger charge is -2.15. The summed E-state index contributed by atoms with van der Waals surface area (Å²) in [4.78, 5) is 1.01. The standard InChI is InChI=1S/C12H7Br3Cl2OS/c1-18-11-6(2-5(16)3-7(11)13)10(17)9-4-8(14)12(15)19-9/h2-4,10H,1H3. The average molecular weight is 510 g/mol. The van der Waals surface area contributed by atoms with E-state index >= 15 is 0 Å². The van der Waals surface area contributed by atoms with E-state index in [1.165, 1.54) is 0 Å². The van der Waals surface area contributed by atoms with Gasteiger partial charge in [0.05, 0.1) is 20.7 Å². The van der Waals surface area contributed by atoms with Gasteiger partial charge in [-0.05, 0) is 66.0 Å². The molecule has 19 heavy (non-hydrogen) atoms. The minimum atomic E-state index is -0.322. The largest absolute Gasteiger partial charge is 0.495 e. The van der Waals surface area contributed by atoms with E-state index in [-0.39, 0.29) is 5.38 Å². The highest BCUT2D eigenvalue weighted by Gasteiger charge is 2.21. The van der Waals surface area contributed by atoms with Crippen LogP contribution in [0.3, 0.4) is 0 Å². The van der Waals surface area contributed by atoms with E-state index in [1.54, 1.807) is 24.5 Å². The first-order valence-corrected chi connectivity index (χ1v) is 9.06. The summed E-state index contributed by atoms with van der Waals surface area (Å²) in [6.45, 7) is 0. The summed E-state index contributed by atoms with van der Waals surface area (Å²) < 4.78 is 8.18. The van der Waals surface area contributed by atoms with E-state index in [0.717, 1.165) is 23.2 Å². The number of hydrogen-bond donors (Lipinski definition) is 0. The molecule has 0 bridgehead atoms. The van der Waals surface area contributed by atoms with Crippen LogP contribution in [0.15, 0.2) is 30.9 Å². The molecule has 0 radical (unpaired) electrons. The summed E-state index contributed by atoms with van der Waals surface area (Å²) >= 11 is 24.6. The Morgan fingerprint density at radius 2 is 1.84 bits per heavy atom. The summed E-state index contributed by atoms with van der Waals surface area (Å²) in [5.74, 6) is 0.699. The zero-order valence-electron chi connectivity index (χ0n) is 9.52. The zero-order valence-corrected chi connectivity index (χ0v) is 16.6.